The average molecular weight is 612 g/mol. The van der Waals surface area contributed by atoms with Crippen LogP contribution in [0.3, 0.4) is 0 Å². The number of halogens is 1. The molecule has 3 aromatic carbocycles. The number of amides is 3. The molecule has 11 heteroatoms. The first-order valence-electron chi connectivity index (χ1n) is 15.0. The number of nitrogens with zero attached hydrogens (tertiary/aromatic N) is 4. The number of hydrogen-bond acceptors (Lipinski definition) is 7. The Labute approximate surface area is 262 Å². The molecule has 0 saturated carbocycles. The number of nitrogens with one attached hydrogen (secondary N) is 3. The van der Waals surface area contributed by atoms with Crippen LogP contribution in [-0.4, -0.2) is 67.1 Å². The van der Waals surface area contributed by atoms with Gasteiger partial charge in [0.15, 0.2) is 0 Å². The van der Waals surface area contributed by atoms with Crippen LogP contribution in [0.15, 0.2) is 72.9 Å². The highest BCUT2D eigenvalue weighted by atomic mass is 19.1. The van der Waals surface area contributed by atoms with E-state index in [9.17, 15) is 14.0 Å². The van der Waals surface area contributed by atoms with Gasteiger partial charge in [-0.1, -0.05) is 6.07 Å². The quantitative estimate of drug-likeness (QED) is 0.198. The van der Waals surface area contributed by atoms with Crippen LogP contribution in [0.1, 0.15) is 40.2 Å². The van der Waals surface area contributed by atoms with Crippen molar-refractivity contribution in [1.29, 1.82) is 0 Å². The zero-order chi connectivity index (χ0) is 31.8. The van der Waals surface area contributed by atoms with Gasteiger partial charge < -0.3 is 25.6 Å². The maximum Gasteiger partial charge on any atom is 0.323 e. The van der Waals surface area contributed by atoms with Gasteiger partial charge in [-0.2, -0.15) is 0 Å². The van der Waals surface area contributed by atoms with Gasteiger partial charge >= 0.3 is 6.03 Å². The third-order valence-electron chi connectivity index (χ3n) is 7.59. The summed E-state index contributed by atoms with van der Waals surface area (Å²) in [5, 5.41) is 8.12. The topological polar surface area (TPSA) is 112 Å². The molecule has 10 nitrogen and oxygen atoms in total. The predicted octanol–water partition coefficient (Wildman–Crippen LogP) is 5.76. The van der Waals surface area contributed by atoms with Gasteiger partial charge in [-0.05, 0) is 105 Å². The molecule has 1 fully saturated rings. The van der Waals surface area contributed by atoms with E-state index in [0.717, 1.165) is 30.9 Å². The number of rotatable bonds is 11. The SMILES string of the molecule is CNC(=O)c1cc(Cc2nccc(N(C)c3ccc(NC(=O)Nc4cc(C)cc(F)c4)cc3)n2)ccc1OCCN1CCCC1. The lowest BCUT2D eigenvalue weighted by Gasteiger charge is -2.19. The van der Waals surface area contributed by atoms with Gasteiger partial charge in [-0.3, -0.25) is 9.69 Å². The maximum atomic E-state index is 13.6. The van der Waals surface area contributed by atoms with Crippen LogP contribution in [0.2, 0.25) is 0 Å². The van der Waals surface area contributed by atoms with Gasteiger partial charge in [-0.15, -0.1) is 0 Å². The summed E-state index contributed by atoms with van der Waals surface area (Å²) in [6.45, 7) is 5.32. The van der Waals surface area contributed by atoms with Crippen LogP contribution in [0.4, 0.5) is 32.1 Å². The molecule has 0 atom stereocenters. The van der Waals surface area contributed by atoms with E-state index in [1.54, 1.807) is 38.4 Å². The monoisotopic (exact) mass is 611 g/mol. The fourth-order valence-corrected chi connectivity index (χ4v) is 5.26. The zero-order valence-electron chi connectivity index (χ0n) is 25.8. The fourth-order valence-electron chi connectivity index (χ4n) is 5.26. The number of aromatic nitrogens is 2. The number of anilines is 4. The molecule has 1 saturated heterocycles. The second kappa shape index (κ2) is 14.6. The first-order chi connectivity index (χ1) is 21.8. The van der Waals surface area contributed by atoms with Crippen molar-refractivity contribution >= 4 is 34.8 Å². The molecular formula is C34H38FN7O3. The van der Waals surface area contributed by atoms with Gasteiger partial charge in [0.05, 0.1) is 5.56 Å². The Balaban J connectivity index is 1.21. The summed E-state index contributed by atoms with van der Waals surface area (Å²) in [6, 6.07) is 18.6. The standard InChI is InChI=1S/C34H38FN7O3/c1-23-18-25(35)22-27(19-23)39-34(44)38-26-7-9-28(10-8-26)41(3)32-12-13-37-31(40-32)21-24-6-11-30(29(20-24)33(43)36-2)45-17-16-42-14-4-5-15-42/h6-13,18-20,22H,4-5,14-17,21H2,1-3H3,(H,36,43)(H2,38,39,44). The Morgan fingerprint density at radius 3 is 2.47 bits per heavy atom. The molecule has 0 spiro atoms. The van der Waals surface area contributed by atoms with E-state index in [1.807, 2.05) is 48.3 Å². The van der Waals surface area contributed by atoms with E-state index in [1.165, 1.54) is 25.0 Å². The van der Waals surface area contributed by atoms with Crippen LogP contribution in [0, 0.1) is 12.7 Å². The zero-order valence-corrected chi connectivity index (χ0v) is 25.8. The molecule has 0 unspecified atom stereocenters. The lowest BCUT2D eigenvalue weighted by atomic mass is 10.1. The Kier molecular flexibility index (Phi) is 10.2. The maximum absolute atomic E-state index is 13.6. The molecule has 1 aliphatic heterocycles. The summed E-state index contributed by atoms with van der Waals surface area (Å²) in [4.78, 5) is 38.6. The summed E-state index contributed by atoms with van der Waals surface area (Å²) in [7, 11) is 3.50. The number of carbonyl (C=O) groups is 2. The van der Waals surface area contributed by atoms with Crippen LogP contribution in [-0.2, 0) is 6.42 Å². The Hall–Kier alpha value is -5.03. The lowest BCUT2D eigenvalue weighted by Crippen LogP contribution is -2.26. The van der Waals surface area contributed by atoms with Crippen LogP contribution in [0.25, 0.3) is 0 Å². The van der Waals surface area contributed by atoms with Crippen molar-refractivity contribution in [3.63, 3.8) is 0 Å². The van der Waals surface area contributed by atoms with E-state index < -0.39 is 11.8 Å². The van der Waals surface area contributed by atoms with Gasteiger partial charge in [0.25, 0.3) is 5.91 Å². The van der Waals surface area contributed by atoms with Crippen LogP contribution >= 0.6 is 0 Å². The number of hydrogen-bond donors (Lipinski definition) is 3. The number of aryl methyl sites for hydroxylation is 1. The predicted molar refractivity (Wildman–Crippen MR) is 174 cm³/mol. The normalized spacial score (nSPS) is 12.9. The third kappa shape index (κ3) is 8.54. The minimum atomic E-state index is -0.470. The van der Waals surface area contributed by atoms with Crippen molar-refractivity contribution in [3.05, 3.63) is 101 Å². The summed E-state index contributed by atoms with van der Waals surface area (Å²) >= 11 is 0. The summed E-state index contributed by atoms with van der Waals surface area (Å²) in [5.41, 5.74) is 3.90. The third-order valence-corrected chi connectivity index (χ3v) is 7.59. The van der Waals surface area contributed by atoms with E-state index in [0.29, 0.717) is 52.9 Å². The van der Waals surface area contributed by atoms with E-state index >= 15 is 0 Å². The fraction of sp³-hybridized carbons (Fsp3) is 0.294. The Bertz CT molecular complexity index is 1620. The molecule has 4 aromatic rings. The molecule has 3 N–H and O–H groups in total. The molecule has 3 amide bonds. The molecule has 0 radical (unpaired) electrons. The Morgan fingerprint density at radius 2 is 1.73 bits per heavy atom. The molecular weight excluding hydrogens is 573 g/mol. The second-order valence-corrected chi connectivity index (χ2v) is 11.0. The highest BCUT2D eigenvalue weighted by molar-refractivity contribution is 6.00. The number of benzene rings is 3. The molecule has 234 valence electrons. The van der Waals surface area contributed by atoms with E-state index in [2.05, 4.69) is 25.8 Å². The number of ether oxygens (including phenoxy) is 1. The largest absolute Gasteiger partial charge is 0.491 e. The highest BCUT2D eigenvalue weighted by Crippen LogP contribution is 2.25. The van der Waals surface area contributed by atoms with Crippen molar-refractivity contribution in [2.45, 2.75) is 26.2 Å². The molecule has 45 heavy (non-hydrogen) atoms. The van der Waals surface area contributed by atoms with Gasteiger partial charge in [0.2, 0.25) is 0 Å². The molecule has 1 aromatic heterocycles. The first-order valence-corrected chi connectivity index (χ1v) is 15.0. The van der Waals surface area contributed by atoms with Gasteiger partial charge in [0.1, 0.15) is 29.8 Å². The highest BCUT2D eigenvalue weighted by Gasteiger charge is 2.16. The second-order valence-electron chi connectivity index (χ2n) is 11.0. The average Bonchev–Trinajstić information content (AvgIpc) is 3.54. The molecule has 2 heterocycles. The smallest absolute Gasteiger partial charge is 0.323 e. The summed E-state index contributed by atoms with van der Waals surface area (Å²) < 4.78 is 19.7. The van der Waals surface area contributed by atoms with Crippen molar-refractivity contribution in [2.24, 2.45) is 0 Å². The van der Waals surface area contributed by atoms with E-state index in [-0.39, 0.29) is 5.91 Å². The van der Waals surface area contributed by atoms with Crippen molar-refractivity contribution in [3.8, 4) is 5.75 Å². The molecule has 5 rings (SSSR count). The molecule has 1 aliphatic rings. The lowest BCUT2D eigenvalue weighted by molar-refractivity contribution is 0.0958. The van der Waals surface area contributed by atoms with Crippen molar-refractivity contribution in [2.75, 3.05) is 55.9 Å². The van der Waals surface area contributed by atoms with Crippen molar-refractivity contribution in [1.82, 2.24) is 20.2 Å². The van der Waals surface area contributed by atoms with Crippen LogP contribution < -0.4 is 25.6 Å². The van der Waals surface area contributed by atoms with Gasteiger partial charge in [0, 0.05) is 50.3 Å². The molecule has 0 bridgehead atoms. The summed E-state index contributed by atoms with van der Waals surface area (Å²) in [6.07, 6.45) is 4.59. The minimum Gasteiger partial charge on any atom is -0.491 e. The summed E-state index contributed by atoms with van der Waals surface area (Å²) in [5.74, 6) is 1.24. The molecule has 0 aliphatic carbocycles. The van der Waals surface area contributed by atoms with E-state index in [4.69, 9.17) is 9.72 Å². The number of likely N-dealkylation sites (tertiary alicyclic amines) is 1. The Morgan fingerprint density at radius 1 is 0.978 bits per heavy atom. The van der Waals surface area contributed by atoms with Gasteiger partial charge in [-0.25, -0.2) is 19.2 Å². The number of urea groups is 1. The van der Waals surface area contributed by atoms with Crippen LogP contribution in [0.5, 0.6) is 5.75 Å². The minimum absolute atomic E-state index is 0.207. The van der Waals surface area contributed by atoms with Crippen molar-refractivity contribution < 1.29 is 18.7 Å². The first kappa shape index (κ1) is 31.4. The number of carbonyl (C=O) groups excluding carboxylic acids is 2.